The molecule has 0 atom stereocenters. The third kappa shape index (κ3) is 3.79. The molecule has 0 bridgehead atoms. The molecular formula is C17H21N5O2. The van der Waals surface area contributed by atoms with Crippen LogP contribution < -0.4 is 10.6 Å². The number of nitrogens with zero attached hydrogens (tertiary/aromatic N) is 3. The largest absolute Gasteiger partial charge is 0.324 e. The van der Waals surface area contributed by atoms with Crippen LogP contribution in [-0.4, -0.2) is 26.8 Å². The van der Waals surface area contributed by atoms with E-state index in [2.05, 4.69) is 20.9 Å². The molecule has 0 spiro atoms. The summed E-state index contributed by atoms with van der Waals surface area (Å²) in [4.78, 5) is 24.0. The normalized spacial score (nSPS) is 14.1. The monoisotopic (exact) mass is 327 g/mol. The van der Waals surface area contributed by atoms with E-state index in [0.29, 0.717) is 5.82 Å². The van der Waals surface area contributed by atoms with Gasteiger partial charge in [0.15, 0.2) is 5.82 Å². The highest BCUT2D eigenvalue weighted by Gasteiger charge is 2.25. The van der Waals surface area contributed by atoms with Crippen molar-refractivity contribution in [2.24, 2.45) is 5.92 Å². The summed E-state index contributed by atoms with van der Waals surface area (Å²) < 4.78 is 1.41. The summed E-state index contributed by atoms with van der Waals surface area (Å²) in [5, 5.41) is 13.4. The summed E-state index contributed by atoms with van der Waals surface area (Å²) in [6.07, 6.45) is 4.53. The van der Waals surface area contributed by atoms with Gasteiger partial charge in [0.05, 0.1) is 6.20 Å². The minimum atomic E-state index is -0.191. The van der Waals surface area contributed by atoms with E-state index < -0.39 is 0 Å². The molecule has 1 aliphatic rings. The predicted molar refractivity (Wildman–Crippen MR) is 90.5 cm³/mol. The molecule has 0 aliphatic heterocycles. The van der Waals surface area contributed by atoms with Gasteiger partial charge in [-0.25, -0.2) is 4.68 Å². The molecule has 0 unspecified atom stereocenters. The molecule has 2 N–H and O–H groups in total. The molecule has 1 aliphatic carbocycles. The van der Waals surface area contributed by atoms with Crippen LogP contribution in [0.1, 0.15) is 30.4 Å². The molecule has 1 saturated carbocycles. The van der Waals surface area contributed by atoms with E-state index in [9.17, 15) is 9.59 Å². The van der Waals surface area contributed by atoms with Crippen LogP contribution in [0.5, 0.6) is 0 Å². The lowest BCUT2D eigenvalue weighted by atomic mass is 9.85. The average Bonchev–Trinajstić information content (AvgIpc) is 2.87. The number of nitrogens with one attached hydrogen (secondary N) is 2. The topological polar surface area (TPSA) is 88.9 Å². The Morgan fingerprint density at radius 1 is 1.25 bits per heavy atom. The molecule has 2 aromatic rings. The fraction of sp³-hybridized carbons (Fsp3) is 0.412. The summed E-state index contributed by atoms with van der Waals surface area (Å²) in [6.45, 7) is 4.00. The van der Waals surface area contributed by atoms with Crippen molar-refractivity contribution in [3.05, 3.63) is 35.5 Å². The maximum atomic E-state index is 12.1. The second-order valence-electron chi connectivity index (χ2n) is 6.28. The molecule has 1 fully saturated rings. The van der Waals surface area contributed by atoms with Crippen molar-refractivity contribution in [2.45, 2.75) is 39.7 Å². The number of benzene rings is 1. The number of anilines is 2. The molecule has 1 heterocycles. The summed E-state index contributed by atoms with van der Waals surface area (Å²) in [7, 11) is 0. The lowest BCUT2D eigenvalue weighted by Gasteiger charge is -2.23. The molecule has 126 valence electrons. The number of hydrogen-bond acceptors (Lipinski definition) is 4. The van der Waals surface area contributed by atoms with Crippen molar-refractivity contribution in [1.82, 2.24) is 15.0 Å². The highest BCUT2D eigenvalue weighted by atomic mass is 16.2. The van der Waals surface area contributed by atoms with Crippen LogP contribution >= 0.6 is 0 Å². The molecule has 3 rings (SSSR count). The number of amides is 2. The average molecular weight is 327 g/mol. The first-order valence-electron chi connectivity index (χ1n) is 8.09. The smallest absolute Gasteiger partial charge is 0.246 e. The highest BCUT2D eigenvalue weighted by Crippen LogP contribution is 2.27. The van der Waals surface area contributed by atoms with Crippen LogP contribution in [0.3, 0.4) is 0 Å². The number of aryl methyl sites for hydroxylation is 2. The summed E-state index contributed by atoms with van der Waals surface area (Å²) in [5.41, 5.74) is 2.94. The minimum Gasteiger partial charge on any atom is -0.324 e. The van der Waals surface area contributed by atoms with Gasteiger partial charge < -0.3 is 10.6 Å². The Morgan fingerprint density at radius 3 is 2.71 bits per heavy atom. The third-order valence-corrected chi connectivity index (χ3v) is 4.23. The zero-order chi connectivity index (χ0) is 17.1. The first-order chi connectivity index (χ1) is 11.5. The molecule has 7 heteroatoms. The van der Waals surface area contributed by atoms with Crippen LogP contribution in [0.15, 0.2) is 24.4 Å². The van der Waals surface area contributed by atoms with Crippen LogP contribution in [0.2, 0.25) is 0 Å². The van der Waals surface area contributed by atoms with Gasteiger partial charge in [0, 0.05) is 11.6 Å². The maximum absolute atomic E-state index is 12.1. The van der Waals surface area contributed by atoms with Gasteiger partial charge in [-0.15, -0.1) is 5.10 Å². The summed E-state index contributed by atoms with van der Waals surface area (Å²) in [6, 6.07) is 5.85. The lowest BCUT2D eigenvalue weighted by Crippen LogP contribution is -2.28. The fourth-order valence-corrected chi connectivity index (χ4v) is 2.62. The van der Waals surface area contributed by atoms with Crippen LogP contribution in [-0.2, 0) is 16.1 Å². The number of hydrogen-bond donors (Lipinski definition) is 2. The van der Waals surface area contributed by atoms with Crippen LogP contribution in [0.4, 0.5) is 11.5 Å². The van der Waals surface area contributed by atoms with Gasteiger partial charge in [-0.3, -0.25) is 9.59 Å². The second kappa shape index (κ2) is 6.82. The Bertz CT molecular complexity index is 764. The SMILES string of the molecule is Cc1ccc(NC(=O)Cn2cc(NC(=O)C3CCC3)nn2)c(C)c1. The van der Waals surface area contributed by atoms with Gasteiger partial charge in [-0.05, 0) is 38.3 Å². The van der Waals surface area contributed by atoms with E-state index in [4.69, 9.17) is 0 Å². The van der Waals surface area contributed by atoms with E-state index in [-0.39, 0.29) is 24.3 Å². The highest BCUT2D eigenvalue weighted by molar-refractivity contribution is 5.92. The quantitative estimate of drug-likeness (QED) is 0.881. The maximum Gasteiger partial charge on any atom is 0.246 e. The van der Waals surface area contributed by atoms with Crippen molar-refractivity contribution >= 4 is 23.3 Å². The summed E-state index contributed by atoms with van der Waals surface area (Å²) >= 11 is 0. The predicted octanol–water partition coefficient (Wildman–Crippen LogP) is 2.27. The van der Waals surface area contributed by atoms with Crippen molar-refractivity contribution in [3.63, 3.8) is 0 Å². The molecular weight excluding hydrogens is 306 g/mol. The number of carbonyl (C=O) groups excluding carboxylic acids is 2. The Kier molecular flexibility index (Phi) is 4.59. The molecule has 24 heavy (non-hydrogen) atoms. The molecule has 1 aromatic heterocycles. The number of rotatable bonds is 5. The van der Waals surface area contributed by atoms with Crippen LogP contribution in [0.25, 0.3) is 0 Å². The Morgan fingerprint density at radius 2 is 2.04 bits per heavy atom. The van der Waals surface area contributed by atoms with Gasteiger partial charge in [0.25, 0.3) is 0 Å². The molecule has 0 radical (unpaired) electrons. The van der Waals surface area contributed by atoms with Crippen LogP contribution in [0, 0.1) is 19.8 Å². The molecule has 0 saturated heterocycles. The van der Waals surface area contributed by atoms with Gasteiger partial charge in [-0.2, -0.15) is 0 Å². The Balaban J connectivity index is 1.55. The third-order valence-electron chi connectivity index (χ3n) is 4.23. The zero-order valence-electron chi connectivity index (χ0n) is 13.9. The van der Waals surface area contributed by atoms with Crippen molar-refractivity contribution in [3.8, 4) is 0 Å². The number of aromatic nitrogens is 3. The Hall–Kier alpha value is -2.70. The Labute approximate surface area is 140 Å². The molecule has 7 nitrogen and oxygen atoms in total. The van der Waals surface area contributed by atoms with E-state index in [1.807, 2.05) is 32.0 Å². The molecule has 2 amide bonds. The van der Waals surface area contributed by atoms with Gasteiger partial charge in [0.2, 0.25) is 11.8 Å². The van der Waals surface area contributed by atoms with Gasteiger partial charge in [0.1, 0.15) is 6.54 Å². The number of carbonyl (C=O) groups is 2. The first kappa shape index (κ1) is 16.2. The van der Waals surface area contributed by atoms with Crippen molar-refractivity contribution in [2.75, 3.05) is 10.6 Å². The molecule has 1 aromatic carbocycles. The minimum absolute atomic E-state index is 0.0203. The second-order valence-corrected chi connectivity index (χ2v) is 6.28. The van der Waals surface area contributed by atoms with Crippen molar-refractivity contribution < 1.29 is 9.59 Å². The van der Waals surface area contributed by atoms with Gasteiger partial charge in [-0.1, -0.05) is 29.3 Å². The lowest BCUT2D eigenvalue weighted by molar-refractivity contribution is -0.122. The van der Waals surface area contributed by atoms with Gasteiger partial charge >= 0.3 is 0 Å². The summed E-state index contributed by atoms with van der Waals surface area (Å²) in [5.74, 6) is 0.255. The first-order valence-corrected chi connectivity index (χ1v) is 8.09. The van der Waals surface area contributed by atoms with E-state index in [0.717, 1.165) is 36.1 Å². The van der Waals surface area contributed by atoms with E-state index >= 15 is 0 Å². The van der Waals surface area contributed by atoms with E-state index in [1.165, 1.54) is 4.68 Å². The zero-order valence-corrected chi connectivity index (χ0v) is 13.9. The fourth-order valence-electron chi connectivity index (χ4n) is 2.62. The van der Waals surface area contributed by atoms with Crippen molar-refractivity contribution in [1.29, 1.82) is 0 Å². The van der Waals surface area contributed by atoms with E-state index in [1.54, 1.807) is 6.20 Å². The standard InChI is InChI=1S/C17H21N5O2/c1-11-6-7-14(12(2)8-11)18-16(23)10-22-9-15(20-21-22)19-17(24)13-4-3-5-13/h6-9,13H,3-5,10H2,1-2H3,(H,18,23)(H,19,24).